The first kappa shape index (κ1) is 15.9. The lowest BCUT2D eigenvalue weighted by Gasteiger charge is -2.09. The van der Waals surface area contributed by atoms with Gasteiger partial charge in [0, 0.05) is 12.6 Å². The summed E-state index contributed by atoms with van der Waals surface area (Å²) in [5, 5.41) is 2.65. The van der Waals surface area contributed by atoms with E-state index in [1.165, 1.54) is 18.3 Å². The van der Waals surface area contributed by atoms with Crippen molar-refractivity contribution in [2.45, 2.75) is 26.3 Å². The molecular weight excluding hydrogens is 283 g/mol. The molecule has 0 aliphatic rings. The zero-order valence-corrected chi connectivity index (χ0v) is 12.5. The SMILES string of the molecule is Cc1ccccc1OCCCC(=O)NCc1ncccc1F. The van der Waals surface area contributed by atoms with Crippen LogP contribution in [-0.4, -0.2) is 17.5 Å². The minimum absolute atomic E-state index is 0.101. The number of ether oxygens (including phenoxy) is 1. The molecule has 0 bridgehead atoms. The van der Waals surface area contributed by atoms with E-state index in [2.05, 4.69) is 10.3 Å². The molecule has 0 aliphatic heterocycles. The summed E-state index contributed by atoms with van der Waals surface area (Å²) in [5.74, 6) is 0.280. The number of carbonyl (C=O) groups is 1. The molecule has 22 heavy (non-hydrogen) atoms. The smallest absolute Gasteiger partial charge is 0.220 e. The number of pyridine rings is 1. The highest BCUT2D eigenvalue weighted by Crippen LogP contribution is 2.16. The van der Waals surface area contributed by atoms with Gasteiger partial charge in [0.25, 0.3) is 0 Å². The van der Waals surface area contributed by atoms with Crippen LogP contribution < -0.4 is 10.1 Å². The average Bonchev–Trinajstić information content (AvgIpc) is 2.52. The summed E-state index contributed by atoms with van der Waals surface area (Å²) in [4.78, 5) is 15.6. The van der Waals surface area contributed by atoms with Gasteiger partial charge in [-0.3, -0.25) is 9.78 Å². The molecule has 5 heteroatoms. The minimum Gasteiger partial charge on any atom is -0.493 e. The summed E-state index contributed by atoms with van der Waals surface area (Å²) >= 11 is 0. The molecule has 2 rings (SSSR count). The van der Waals surface area contributed by atoms with Crippen molar-refractivity contribution in [3.05, 3.63) is 59.7 Å². The lowest BCUT2D eigenvalue weighted by Crippen LogP contribution is -2.24. The number of amides is 1. The van der Waals surface area contributed by atoms with Gasteiger partial charge in [-0.2, -0.15) is 0 Å². The number of hydrogen-bond donors (Lipinski definition) is 1. The van der Waals surface area contributed by atoms with Crippen molar-refractivity contribution >= 4 is 5.91 Å². The predicted octanol–water partition coefficient (Wildman–Crippen LogP) is 3.00. The maximum Gasteiger partial charge on any atom is 0.220 e. The van der Waals surface area contributed by atoms with Crippen LogP contribution in [0, 0.1) is 12.7 Å². The van der Waals surface area contributed by atoms with Gasteiger partial charge in [-0.25, -0.2) is 4.39 Å². The number of rotatable bonds is 7. The number of nitrogens with zero attached hydrogens (tertiary/aromatic N) is 1. The van der Waals surface area contributed by atoms with E-state index in [-0.39, 0.29) is 18.1 Å². The second-order valence-electron chi connectivity index (χ2n) is 4.93. The molecule has 0 atom stereocenters. The van der Waals surface area contributed by atoms with E-state index in [9.17, 15) is 9.18 Å². The summed E-state index contributed by atoms with van der Waals surface area (Å²) < 4.78 is 19.0. The second-order valence-corrected chi connectivity index (χ2v) is 4.93. The maximum atomic E-state index is 13.3. The van der Waals surface area contributed by atoms with Crippen LogP contribution in [-0.2, 0) is 11.3 Å². The van der Waals surface area contributed by atoms with E-state index < -0.39 is 5.82 Å². The Morgan fingerprint density at radius 2 is 2.09 bits per heavy atom. The number of aromatic nitrogens is 1. The summed E-state index contributed by atoms with van der Waals surface area (Å²) in [6.45, 7) is 2.55. The molecule has 1 N–H and O–H groups in total. The van der Waals surface area contributed by atoms with E-state index in [0.717, 1.165) is 11.3 Å². The summed E-state index contributed by atoms with van der Waals surface area (Å²) in [7, 11) is 0. The van der Waals surface area contributed by atoms with Crippen LogP contribution in [0.25, 0.3) is 0 Å². The Kier molecular flexibility index (Phi) is 5.89. The molecule has 1 amide bonds. The highest BCUT2D eigenvalue weighted by atomic mass is 19.1. The fourth-order valence-electron chi connectivity index (χ4n) is 1.95. The van der Waals surface area contributed by atoms with Gasteiger partial charge < -0.3 is 10.1 Å². The number of benzene rings is 1. The van der Waals surface area contributed by atoms with Crippen LogP contribution in [0.15, 0.2) is 42.6 Å². The molecule has 0 spiro atoms. The Hall–Kier alpha value is -2.43. The van der Waals surface area contributed by atoms with Gasteiger partial charge in [-0.05, 0) is 37.1 Å². The molecule has 0 aliphatic carbocycles. The highest BCUT2D eigenvalue weighted by molar-refractivity contribution is 5.75. The van der Waals surface area contributed by atoms with Crippen LogP contribution in [0.3, 0.4) is 0 Å². The number of aryl methyl sites for hydroxylation is 1. The normalized spacial score (nSPS) is 10.3. The van der Waals surface area contributed by atoms with Crippen LogP contribution in [0.5, 0.6) is 5.75 Å². The van der Waals surface area contributed by atoms with E-state index in [1.807, 2.05) is 31.2 Å². The fourth-order valence-corrected chi connectivity index (χ4v) is 1.95. The molecular formula is C17H19FN2O2. The Balaban J connectivity index is 1.66. The topological polar surface area (TPSA) is 51.2 Å². The predicted molar refractivity (Wildman–Crippen MR) is 81.9 cm³/mol. The average molecular weight is 302 g/mol. The van der Waals surface area contributed by atoms with Crippen molar-refractivity contribution in [3.8, 4) is 5.75 Å². The molecule has 0 saturated carbocycles. The standard InChI is InChI=1S/C17H19FN2O2/c1-13-6-2-3-8-16(13)22-11-5-9-17(21)20-12-15-14(18)7-4-10-19-15/h2-4,6-8,10H,5,9,11-12H2,1H3,(H,20,21). The number of para-hydroxylation sites is 1. The zero-order valence-electron chi connectivity index (χ0n) is 12.5. The van der Waals surface area contributed by atoms with Gasteiger partial charge >= 0.3 is 0 Å². The van der Waals surface area contributed by atoms with Crippen molar-refractivity contribution in [1.29, 1.82) is 0 Å². The summed E-state index contributed by atoms with van der Waals surface area (Å²) in [6.07, 6.45) is 2.44. The molecule has 0 unspecified atom stereocenters. The summed E-state index contributed by atoms with van der Waals surface area (Å²) in [6, 6.07) is 10.6. The molecule has 1 aromatic heterocycles. The molecule has 2 aromatic rings. The van der Waals surface area contributed by atoms with Gasteiger partial charge in [0.2, 0.25) is 5.91 Å². The van der Waals surface area contributed by atoms with E-state index >= 15 is 0 Å². The Morgan fingerprint density at radius 3 is 2.86 bits per heavy atom. The van der Waals surface area contributed by atoms with Gasteiger partial charge in [0.1, 0.15) is 11.6 Å². The van der Waals surface area contributed by atoms with Crippen molar-refractivity contribution in [2.75, 3.05) is 6.61 Å². The maximum absolute atomic E-state index is 13.3. The summed E-state index contributed by atoms with van der Waals surface area (Å²) in [5.41, 5.74) is 1.31. The third kappa shape index (κ3) is 4.84. The first-order chi connectivity index (χ1) is 10.7. The zero-order chi connectivity index (χ0) is 15.8. The quantitative estimate of drug-likeness (QED) is 0.800. The Morgan fingerprint density at radius 1 is 1.27 bits per heavy atom. The first-order valence-electron chi connectivity index (χ1n) is 7.21. The third-order valence-electron chi connectivity index (χ3n) is 3.19. The number of carbonyl (C=O) groups excluding carboxylic acids is 1. The van der Waals surface area contributed by atoms with E-state index in [4.69, 9.17) is 4.74 Å². The van der Waals surface area contributed by atoms with Crippen molar-refractivity contribution in [3.63, 3.8) is 0 Å². The monoisotopic (exact) mass is 302 g/mol. The van der Waals surface area contributed by atoms with Crippen LogP contribution in [0.4, 0.5) is 4.39 Å². The lowest BCUT2D eigenvalue weighted by molar-refractivity contribution is -0.121. The lowest BCUT2D eigenvalue weighted by atomic mass is 10.2. The second kappa shape index (κ2) is 8.12. The van der Waals surface area contributed by atoms with Crippen LogP contribution in [0.1, 0.15) is 24.1 Å². The molecule has 1 heterocycles. The molecule has 0 radical (unpaired) electrons. The highest BCUT2D eigenvalue weighted by Gasteiger charge is 2.06. The van der Waals surface area contributed by atoms with Gasteiger partial charge in [-0.15, -0.1) is 0 Å². The molecule has 116 valence electrons. The molecule has 0 saturated heterocycles. The molecule has 0 fully saturated rings. The largest absolute Gasteiger partial charge is 0.493 e. The number of hydrogen-bond acceptors (Lipinski definition) is 3. The van der Waals surface area contributed by atoms with Gasteiger partial charge in [0.05, 0.1) is 18.8 Å². The molecule has 4 nitrogen and oxygen atoms in total. The molecule has 1 aromatic carbocycles. The fraction of sp³-hybridized carbons (Fsp3) is 0.294. The van der Waals surface area contributed by atoms with Crippen LogP contribution >= 0.6 is 0 Å². The number of nitrogens with one attached hydrogen (secondary N) is 1. The Labute approximate surface area is 129 Å². The number of halogens is 1. The van der Waals surface area contributed by atoms with Crippen LogP contribution in [0.2, 0.25) is 0 Å². The minimum atomic E-state index is -0.411. The van der Waals surface area contributed by atoms with Crippen molar-refractivity contribution in [2.24, 2.45) is 0 Å². The third-order valence-corrected chi connectivity index (χ3v) is 3.19. The Bertz CT molecular complexity index is 632. The van der Waals surface area contributed by atoms with E-state index in [1.54, 1.807) is 0 Å². The van der Waals surface area contributed by atoms with Gasteiger partial charge in [-0.1, -0.05) is 18.2 Å². The van der Waals surface area contributed by atoms with Crippen molar-refractivity contribution < 1.29 is 13.9 Å². The van der Waals surface area contributed by atoms with Gasteiger partial charge in [0.15, 0.2) is 0 Å². The van der Waals surface area contributed by atoms with Crippen molar-refractivity contribution in [1.82, 2.24) is 10.3 Å². The first-order valence-corrected chi connectivity index (χ1v) is 7.21. The van der Waals surface area contributed by atoms with E-state index in [0.29, 0.717) is 19.4 Å².